The Labute approximate surface area is 167 Å². The highest BCUT2D eigenvalue weighted by atomic mass is 31.2. The van der Waals surface area contributed by atoms with Crippen molar-refractivity contribution in [3.05, 3.63) is 120 Å². The fourth-order valence-electron chi connectivity index (χ4n) is 3.53. The molecule has 0 fully saturated rings. The van der Waals surface area contributed by atoms with Crippen LogP contribution in [0.4, 0.5) is 4.39 Å². The molecule has 0 aromatic heterocycles. The minimum absolute atomic E-state index is 0.217. The topological polar surface area (TPSA) is 0 Å². The van der Waals surface area contributed by atoms with Gasteiger partial charge in [0.2, 0.25) is 0 Å². The number of allylic oxidation sites excluding steroid dienone is 4. The van der Waals surface area contributed by atoms with Gasteiger partial charge >= 0.3 is 0 Å². The highest BCUT2D eigenvalue weighted by Gasteiger charge is 2.45. The van der Waals surface area contributed by atoms with Crippen LogP contribution in [0.1, 0.15) is 12.5 Å². The third-order valence-electron chi connectivity index (χ3n) is 4.81. The third-order valence-corrected chi connectivity index (χ3v) is 9.30. The molecular weight excluding hydrogens is 362 g/mol. The van der Waals surface area contributed by atoms with Crippen molar-refractivity contribution in [3.63, 3.8) is 0 Å². The first-order chi connectivity index (χ1) is 13.7. The Morgan fingerprint density at radius 3 is 1.89 bits per heavy atom. The molecule has 2 heteroatoms. The van der Waals surface area contributed by atoms with Gasteiger partial charge in [-0.25, -0.2) is 4.39 Å². The molecular formula is C26H23FP+. The van der Waals surface area contributed by atoms with Gasteiger partial charge in [-0.3, -0.25) is 0 Å². The average molecular weight is 385 g/mol. The van der Waals surface area contributed by atoms with Gasteiger partial charge in [0.15, 0.2) is 0 Å². The summed E-state index contributed by atoms with van der Waals surface area (Å²) in [5, 5.41) is 3.77. The maximum Gasteiger partial charge on any atom is 0.123 e. The fraction of sp³-hybridized carbons (Fsp3) is 0.0769. The molecule has 0 aliphatic carbocycles. The first kappa shape index (κ1) is 19.8. The summed E-state index contributed by atoms with van der Waals surface area (Å²) >= 11 is 0. The summed E-state index contributed by atoms with van der Waals surface area (Å²) in [4.78, 5) is 0. The van der Waals surface area contributed by atoms with E-state index in [1.807, 2.05) is 24.3 Å². The van der Waals surface area contributed by atoms with E-state index in [0.29, 0.717) is 0 Å². The van der Waals surface area contributed by atoms with Gasteiger partial charge in [-0.05, 0) is 67.1 Å². The van der Waals surface area contributed by atoms with Gasteiger partial charge in [-0.1, -0.05) is 54.5 Å². The second-order valence-corrected chi connectivity index (χ2v) is 9.96. The summed E-state index contributed by atoms with van der Waals surface area (Å²) < 4.78 is 13.5. The predicted molar refractivity (Wildman–Crippen MR) is 121 cm³/mol. The normalized spacial score (nSPS) is 12.1. The number of hydrogen-bond donors (Lipinski definition) is 0. The van der Waals surface area contributed by atoms with Crippen LogP contribution in [0.15, 0.2) is 108 Å². The summed E-state index contributed by atoms with van der Waals surface area (Å²) in [6.45, 7) is 2.06. The van der Waals surface area contributed by atoms with Crippen LogP contribution in [-0.4, -0.2) is 0 Å². The number of hydrogen-bond acceptors (Lipinski definition) is 0. The van der Waals surface area contributed by atoms with Crippen molar-refractivity contribution < 1.29 is 4.39 Å². The minimum Gasteiger partial charge on any atom is -0.207 e. The predicted octanol–water partition coefficient (Wildman–Crippen LogP) is 6.09. The van der Waals surface area contributed by atoms with E-state index in [1.165, 1.54) is 28.1 Å². The molecule has 0 saturated heterocycles. The molecule has 0 N–H and O–H groups in total. The summed E-state index contributed by atoms with van der Waals surface area (Å²) in [5.74, 6) is 2.41. The molecule has 0 unspecified atom stereocenters. The van der Waals surface area contributed by atoms with Gasteiger partial charge in [0, 0.05) is 0 Å². The molecule has 0 nitrogen and oxygen atoms in total. The molecule has 3 aromatic carbocycles. The lowest BCUT2D eigenvalue weighted by atomic mass is 10.2. The highest BCUT2D eigenvalue weighted by Crippen LogP contribution is 2.66. The van der Waals surface area contributed by atoms with E-state index in [-0.39, 0.29) is 5.82 Å². The molecule has 0 amide bonds. The monoisotopic (exact) mass is 385 g/mol. The Bertz CT molecular complexity index is 954. The largest absolute Gasteiger partial charge is 0.207 e. The number of terminal acetylenes is 1. The van der Waals surface area contributed by atoms with Crippen molar-refractivity contribution in [2.24, 2.45) is 0 Å². The van der Waals surface area contributed by atoms with Crippen LogP contribution in [0.25, 0.3) is 0 Å². The lowest BCUT2D eigenvalue weighted by Gasteiger charge is -2.28. The zero-order valence-electron chi connectivity index (χ0n) is 15.9. The van der Waals surface area contributed by atoms with Crippen LogP contribution in [0, 0.1) is 18.2 Å². The molecule has 0 radical (unpaired) electrons. The van der Waals surface area contributed by atoms with Gasteiger partial charge in [0.25, 0.3) is 0 Å². The molecule has 0 spiro atoms. The molecule has 28 heavy (non-hydrogen) atoms. The van der Waals surface area contributed by atoms with Crippen LogP contribution in [-0.2, 0) is 6.16 Å². The summed E-state index contributed by atoms with van der Waals surface area (Å²) in [6, 6.07) is 28.0. The van der Waals surface area contributed by atoms with E-state index in [0.717, 1.165) is 11.7 Å². The second-order valence-electron chi connectivity index (χ2n) is 6.48. The SMILES string of the molecule is C#C/C=C\C(=C/C)[P+](Cc1ccc(F)cc1)(c1ccccc1)c1ccccc1. The number of benzene rings is 3. The van der Waals surface area contributed by atoms with Gasteiger partial charge in [0.05, 0.1) is 6.16 Å². The van der Waals surface area contributed by atoms with Crippen molar-refractivity contribution in [1.29, 1.82) is 0 Å². The molecule has 0 heterocycles. The Kier molecular flexibility index (Phi) is 6.59. The maximum absolute atomic E-state index is 13.5. The lowest BCUT2D eigenvalue weighted by molar-refractivity contribution is 0.627. The molecule has 0 aliphatic heterocycles. The van der Waals surface area contributed by atoms with E-state index >= 15 is 0 Å². The highest BCUT2D eigenvalue weighted by molar-refractivity contribution is 7.92. The van der Waals surface area contributed by atoms with Crippen LogP contribution in [0.3, 0.4) is 0 Å². The Morgan fingerprint density at radius 1 is 0.893 bits per heavy atom. The van der Waals surface area contributed by atoms with Crippen LogP contribution in [0.5, 0.6) is 0 Å². The van der Waals surface area contributed by atoms with Crippen LogP contribution >= 0.6 is 7.26 Å². The summed E-state index contributed by atoms with van der Waals surface area (Å²) in [5.41, 5.74) is 1.11. The summed E-state index contributed by atoms with van der Waals surface area (Å²) in [7, 11) is -2.02. The van der Waals surface area contributed by atoms with Crippen molar-refractivity contribution in [3.8, 4) is 12.3 Å². The first-order valence-electron chi connectivity index (χ1n) is 9.24. The van der Waals surface area contributed by atoms with Crippen LogP contribution in [0.2, 0.25) is 0 Å². The van der Waals surface area contributed by atoms with Gasteiger partial charge in [0.1, 0.15) is 29.0 Å². The zero-order chi connectivity index (χ0) is 19.8. The third kappa shape index (κ3) is 4.14. The van der Waals surface area contributed by atoms with Crippen molar-refractivity contribution in [1.82, 2.24) is 0 Å². The molecule has 0 atom stereocenters. The molecule has 3 aromatic rings. The lowest BCUT2D eigenvalue weighted by Crippen LogP contribution is -2.25. The summed E-state index contributed by atoms with van der Waals surface area (Å²) in [6.07, 6.45) is 12.3. The van der Waals surface area contributed by atoms with E-state index in [2.05, 4.69) is 73.5 Å². The smallest absolute Gasteiger partial charge is 0.123 e. The molecule has 0 bridgehead atoms. The van der Waals surface area contributed by atoms with Gasteiger partial charge in [-0.2, -0.15) is 0 Å². The van der Waals surface area contributed by atoms with Gasteiger partial charge in [-0.15, -0.1) is 6.42 Å². The van der Waals surface area contributed by atoms with E-state index in [9.17, 15) is 4.39 Å². The number of halogens is 1. The Hall–Kier alpha value is -2.94. The van der Waals surface area contributed by atoms with Gasteiger partial charge < -0.3 is 0 Å². The first-order valence-corrected chi connectivity index (χ1v) is 11.2. The van der Waals surface area contributed by atoms with Crippen LogP contribution < -0.4 is 10.6 Å². The van der Waals surface area contributed by atoms with E-state index in [1.54, 1.807) is 6.08 Å². The zero-order valence-corrected chi connectivity index (χ0v) is 16.8. The van der Waals surface area contributed by atoms with Crippen molar-refractivity contribution in [2.75, 3.05) is 0 Å². The average Bonchev–Trinajstić information content (AvgIpc) is 2.76. The standard InChI is InChI=1S/C26H23FP/c1-3-5-12-24(4-2)28(25-13-8-6-9-14-25,26-15-10-7-11-16-26)21-22-17-19-23(27)20-18-22/h1,4-20H,21H2,2H3/q+1/b12-5-,24-4+. The number of rotatable bonds is 6. The maximum atomic E-state index is 13.5. The minimum atomic E-state index is -2.02. The second kappa shape index (κ2) is 9.32. The van der Waals surface area contributed by atoms with Crippen molar-refractivity contribution in [2.45, 2.75) is 13.1 Å². The van der Waals surface area contributed by atoms with E-state index < -0.39 is 7.26 Å². The van der Waals surface area contributed by atoms with E-state index in [4.69, 9.17) is 6.42 Å². The quantitative estimate of drug-likeness (QED) is 0.274. The molecule has 0 aliphatic rings. The Balaban J connectivity index is 2.30. The Morgan fingerprint density at radius 2 is 1.43 bits per heavy atom. The molecule has 0 saturated carbocycles. The molecule has 3 rings (SSSR count). The fourth-order valence-corrected chi connectivity index (χ4v) is 7.86. The van der Waals surface area contributed by atoms with Crippen molar-refractivity contribution >= 4 is 17.9 Å². The molecule has 138 valence electrons.